The number of para-hydroxylation sites is 1. The fraction of sp³-hybridized carbons (Fsp3) is 0.409. The number of anilines is 1. The summed E-state index contributed by atoms with van der Waals surface area (Å²) in [6, 6.07) is 11.7. The Kier molecular flexibility index (Phi) is 6.68. The van der Waals surface area contributed by atoms with Crippen molar-refractivity contribution in [2.75, 3.05) is 51.4 Å². The van der Waals surface area contributed by atoms with Crippen LogP contribution >= 0.6 is 23.2 Å². The molecule has 0 bridgehead atoms. The van der Waals surface area contributed by atoms with Crippen molar-refractivity contribution in [3.05, 3.63) is 57.6 Å². The van der Waals surface area contributed by atoms with E-state index < -0.39 is 0 Å². The van der Waals surface area contributed by atoms with E-state index in [1.807, 2.05) is 36.4 Å². The molecule has 0 saturated carbocycles. The van der Waals surface area contributed by atoms with Crippen LogP contribution in [0.1, 0.15) is 15.9 Å². The van der Waals surface area contributed by atoms with Gasteiger partial charge < -0.3 is 19.7 Å². The number of ether oxygens (including phenoxy) is 2. The van der Waals surface area contributed by atoms with Crippen LogP contribution in [-0.4, -0.2) is 63.4 Å². The largest absolute Gasteiger partial charge is 0.496 e. The maximum Gasteiger partial charge on any atom is 0.254 e. The number of halogens is 2. The molecular formula is C22H25Cl2N3O3. The van der Waals surface area contributed by atoms with Crippen molar-refractivity contribution in [3.8, 4) is 5.75 Å². The van der Waals surface area contributed by atoms with Gasteiger partial charge in [0, 0.05) is 50.0 Å². The van der Waals surface area contributed by atoms with Crippen LogP contribution in [-0.2, 0) is 11.3 Å². The SMILES string of the molecule is COc1ccccc1CNC(=O)c1c(Cl)cc(N2CC(N3CCOCC3)C2)cc1Cl. The summed E-state index contributed by atoms with van der Waals surface area (Å²) in [4.78, 5) is 17.4. The van der Waals surface area contributed by atoms with Gasteiger partial charge in [-0.15, -0.1) is 0 Å². The van der Waals surface area contributed by atoms with Crippen molar-refractivity contribution in [3.63, 3.8) is 0 Å². The lowest BCUT2D eigenvalue weighted by Gasteiger charge is -2.47. The fourth-order valence-corrected chi connectivity index (χ4v) is 4.56. The molecule has 0 aromatic heterocycles. The van der Waals surface area contributed by atoms with Crippen molar-refractivity contribution in [1.29, 1.82) is 0 Å². The Bertz CT molecular complexity index is 889. The van der Waals surface area contributed by atoms with E-state index in [9.17, 15) is 4.79 Å². The Morgan fingerprint density at radius 1 is 1.17 bits per heavy atom. The summed E-state index contributed by atoms with van der Waals surface area (Å²) in [5.74, 6) is 0.412. The van der Waals surface area contributed by atoms with Gasteiger partial charge in [0.15, 0.2) is 0 Å². The minimum Gasteiger partial charge on any atom is -0.496 e. The number of methoxy groups -OCH3 is 1. The summed E-state index contributed by atoms with van der Waals surface area (Å²) < 4.78 is 10.7. The standard InChI is InChI=1S/C22H25Cl2N3O3/c1-29-20-5-3-2-4-15(20)12-25-22(28)21-18(23)10-16(11-19(21)24)27-13-17(14-27)26-6-8-30-9-7-26/h2-5,10-11,17H,6-9,12-14H2,1H3,(H,25,28). The van der Waals surface area contributed by atoms with E-state index in [4.69, 9.17) is 32.7 Å². The summed E-state index contributed by atoms with van der Waals surface area (Å²) in [6.07, 6.45) is 0. The van der Waals surface area contributed by atoms with Crippen molar-refractivity contribution in [2.45, 2.75) is 12.6 Å². The Labute approximate surface area is 186 Å². The summed E-state index contributed by atoms with van der Waals surface area (Å²) in [5, 5.41) is 3.58. The third-order valence-corrected chi connectivity index (χ3v) is 6.27. The molecule has 1 amide bonds. The fourth-order valence-electron chi connectivity index (χ4n) is 3.91. The molecule has 2 aliphatic rings. The van der Waals surface area contributed by atoms with Crippen molar-refractivity contribution in [2.24, 2.45) is 0 Å². The van der Waals surface area contributed by atoms with Crippen LogP contribution in [0.3, 0.4) is 0 Å². The molecule has 2 aromatic rings. The number of hydrogen-bond acceptors (Lipinski definition) is 5. The maximum atomic E-state index is 12.7. The Hall–Kier alpha value is -1.99. The molecule has 0 atom stereocenters. The smallest absolute Gasteiger partial charge is 0.254 e. The van der Waals surface area contributed by atoms with Crippen LogP contribution in [0, 0.1) is 0 Å². The predicted octanol–water partition coefficient (Wildman–Crippen LogP) is 3.45. The van der Waals surface area contributed by atoms with Gasteiger partial charge in [-0.25, -0.2) is 0 Å². The molecular weight excluding hydrogens is 425 g/mol. The molecule has 1 N–H and O–H groups in total. The highest BCUT2D eigenvalue weighted by Gasteiger charge is 2.33. The van der Waals surface area contributed by atoms with Gasteiger partial charge in [-0.05, 0) is 18.2 Å². The Balaban J connectivity index is 1.39. The highest BCUT2D eigenvalue weighted by Crippen LogP contribution is 2.34. The summed E-state index contributed by atoms with van der Waals surface area (Å²) in [7, 11) is 1.60. The number of morpholine rings is 1. The molecule has 0 unspecified atom stereocenters. The molecule has 30 heavy (non-hydrogen) atoms. The molecule has 2 fully saturated rings. The number of rotatable bonds is 6. The van der Waals surface area contributed by atoms with Crippen molar-refractivity contribution in [1.82, 2.24) is 10.2 Å². The molecule has 2 heterocycles. The van der Waals surface area contributed by atoms with E-state index in [-0.39, 0.29) is 5.91 Å². The minimum atomic E-state index is -0.308. The van der Waals surface area contributed by atoms with E-state index in [1.165, 1.54) is 0 Å². The molecule has 8 heteroatoms. The molecule has 6 nitrogen and oxygen atoms in total. The molecule has 0 radical (unpaired) electrons. The number of nitrogens with zero attached hydrogens (tertiary/aromatic N) is 2. The molecule has 2 aliphatic heterocycles. The molecule has 160 valence electrons. The Morgan fingerprint density at radius 3 is 2.50 bits per heavy atom. The summed E-state index contributed by atoms with van der Waals surface area (Å²) >= 11 is 12.9. The van der Waals surface area contributed by atoms with E-state index in [0.29, 0.717) is 28.2 Å². The highest BCUT2D eigenvalue weighted by atomic mass is 35.5. The number of carbonyl (C=O) groups is 1. The van der Waals surface area contributed by atoms with Gasteiger partial charge >= 0.3 is 0 Å². The van der Waals surface area contributed by atoms with Crippen LogP contribution in [0.5, 0.6) is 5.75 Å². The third-order valence-electron chi connectivity index (χ3n) is 5.68. The van der Waals surface area contributed by atoms with Crippen LogP contribution in [0.25, 0.3) is 0 Å². The zero-order valence-corrected chi connectivity index (χ0v) is 18.4. The quantitative estimate of drug-likeness (QED) is 0.731. The second-order valence-electron chi connectivity index (χ2n) is 7.49. The molecule has 2 aromatic carbocycles. The number of carbonyl (C=O) groups excluding carboxylic acids is 1. The zero-order valence-electron chi connectivity index (χ0n) is 16.9. The topological polar surface area (TPSA) is 54.0 Å². The minimum absolute atomic E-state index is 0.294. The average molecular weight is 450 g/mol. The second kappa shape index (κ2) is 9.43. The number of hydrogen-bond donors (Lipinski definition) is 1. The molecule has 4 rings (SSSR count). The lowest BCUT2D eigenvalue weighted by atomic mass is 10.0. The van der Waals surface area contributed by atoms with E-state index in [1.54, 1.807) is 7.11 Å². The monoisotopic (exact) mass is 449 g/mol. The van der Waals surface area contributed by atoms with Gasteiger partial charge in [0.2, 0.25) is 0 Å². The highest BCUT2D eigenvalue weighted by molar-refractivity contribution is 6.40. The van der Waals surface area contributed by atoms with Gasteiger partial charge in [-0.3, -0.25) is 9.69 Å². The molecule has 2 saturated heterocycles. The van der Waals surface area contributed by atoms with Gasteiger partial charge in [-0.1, -0.05) is 41.4 Å². The number of amides is 1. The first-order chi connectivity index (χ1) is 14.6. The van der Waals surface area contributed by atoms with Crippen molar-refractivity contribution < 1.29 is 14.3 Å². The maximum absolute atomic E-state index is 12.7. The lowest BCUT2D eigenvalue weighted by molar-refractivity contribution is 0.0105. The Morgan fingerprint density at radius 2 is 1.83 bits per heavy atom. The third kappa shape index (κ3) is 4.52. The summed E-state index contributed by atoms with van der Waals surface area (Å²) in [5.41, 5.74) is 2.12. The van der Waals surface area contributed by atoms with E-state index in [0.717, 1.165) is 56.4 Å². The first-order valence-electron chi connectivity index (χ1n) is 10.0. The van der Waals surface area contributed by atoms with Crippen LogP contribution in [0.15, 0.2) is 36.4 Å². The second-order valence-corrected chi connectivity index (χ2v) is 8.30. The number of benzene rings is 2. The van der Waals surface area contributed by atoms with Gasteiger partial charge in [0.05, 0.1) is 35.9 Å². The van der Waals surface area contributed by atoms with Gasteiger partial charge in [-0.2, -0.15) is 0 Å². The van der Waals surface area contributed by atoms with Crippen LogP contribution < -0.4 is 15.0 Å². The lowest BCUT2D eigenvalue weighted by Crippen LogP contribution is -2.61. The first kappa shape index (κ1) is 21.2. The number of nitrogens with one attached hydrogen (secondary N) is 1. The normalized spacial score (nSPS) is 17.5. The summed E-state index contributed by atoms with van der Waals surface area (Å²) in [6.45, 7) is 5.72. The first-order valence-corrected chi connectivity index (χ1v) is 10.8. The average Bonchev–Trinajstić information content (AvgIpc) is 2.71. The van der Waals surface area contributed by atoms with Crippen LogP contribution in [0.2, 0.25) is 10.0 Å². The van der Waals surface area contributed by atoms with E-state index in [2.05, 4.69) is 15.1 Å². The molecule has 0 spiro atoms. The predicted molar refractivity (Wildman–Crippen MR) is 119 cm³/mol. The van der Waals surface area contributed by atoms with E-state index >= 15 is 0 Å². The van der Waals surface area contributed by atoms with Gasteiger partial charge in [0.25, 0.3) is 5.91 Å². The zero-order chi connectivity index (χ0) is 21.1. The van der Waals surface area contributed by atoms with Crippen LogP contribution in [0.4, 0.5) is 5.69 Å². The van der Waals surface area contributed by atoms with Crippen molar-refractivity contribution >= 4 is 34.8 Å². The van der Waals surface area contributed by atoms with Gasteiger partial charge in [0.1, 0.15) is 5.75 Å². The molecule has 0 aliphatic carbocycles.